The van der Waals surface area contributed by atoms with E-state index in [0.29, 0.717) is 12.0 Å². The zero-order valence-electron chi connectivity index (χ0n) is 8.14. The maximum Gasteiger partial charge on any atom is 0.0712 e. The molecule has 1 unspecified atom stereocenters. The highest BCUT2D eigenvalue weighted by molar-refractivity contribution is 5.01. The minimum Gasteiger partial charge on any atom is -0.301 e. The predicted octanol–water partition coefficient (Wildman–Crippen LogP) is 2.18. The van der Waals surface area contributed by atoms with Crippen LogP contribution in [0.3, 0.4) is 0 Å². The van der Waals surface area contributed by atoms with E-state index in [4.69, 9.17) is 6.42 Å². The quantitative estimate of drug-likeness (QED) is 0.632. The first kappa shape index (κ1) is 9.61. The summed E-state index contributed by atoms with van der Waals surface area (Å²) in [6.45, 7) is 4.35. The van der Waals surface area contributed by atoms with Gasteiger partial charge in [-0.1, -0.05) is 32.6 Å². The highest BCUT2D eigenvalue weighted by atomic mass is 15.0. The van der Waals surface area contributed by atoms with E-state index in [-0.39, 0.29) is 6.04 Å². The Hall–Kier alpha value is -0.480. The fourth-order valence-electron chi connectivity index (χ4n) is 1.78. The van der Waals surface area contributed by atoms with Crippen LogP contribution in [0.2, 0.25) is 0 Å². The van der Waals surface area contributed by atoms with E-state index in [2.05, 4.69) is 25.1 Å². The van der Waals surface area contributed by atoms with E-state index in [9.17, 15) is 0 Å². The van der Waals surface area contributed by atoms with Gasteiger partial charge >= 0.3 is 0 Å². The molecule has 0 aliphatic heterocycles. The zero-order valence-corrected chi connectivity index (χ0v) is 8.14. The molecule has 0 spiro atoms. The lowest BCUT2D eigenvalue weighted by atomic mass is 10.0. The molecule has 1 aliphatic carbocycles. The average molecular weight is 165 g/mol. The van der Waals surface area contributed by atoms with Gasteiger partial charge < -0.3 is 5.32 Å². The predicted molar refractivity (Wildman–Crippen MR) is 52.9 cm³/mol. The molecular formula is C11H19N. The fraction of sp³-hybridized carbons (Fsp3) is 0.818. The maximum absolute atomic E-state index is 5.44. The minimum absolute atomic E-state index is 0.271. The molecule has 0 bridgehead atoms. The number of rotatable bonds is 3. The lowest BCUT2D eigenvalue weighted by molar-refractivity contribution is 0.412. The first-order valence-corrected chi connectivity index (χ1v) is 4.96. The molecule has 1 rings (SSSR count). The standard InChI is InChI=1S/C11H19N/c1-4-11(9(2)3)12-10-7-5-6-8-10/h1,9-12H,5-8H2,2-3H3. The van der Waals surface area contributed by atoms with Gasteiger partial charge in [0.2, 0.25) is 0 Å². The van der Waals surface area contributed by atoms with Crippen molar-refractivity contribution in [3.05, 3.63) is 0 Å². The van der Waals surface area contributed by atoms with Gasteiger partial charge in [0, 0.05) is 6.04 Å². The lowest BCUT2D eigenvalue weighted by Crippen LogP contribution is -2.38. The van der Waals surface area contributed by atoms with E-state index in [1.165, 1.54) is 25.7 Å². The van der Waals surface area contributed by atoms with Crippen LogP contribution in [0.5, 0.6) is 0 Å². The van der Waals surface area contributed by atoms with Crippen LogP contribution in [0.1, 0.15) is 39.5 Å². The maximum atomic E-state index is 5.44. The smallest absolute Gasteiger partial charge is 0.0712 e. The Morgan fingerprint density at radius 3 is 2.33 bits per heavy atom. The van der Waals surface area contributed by atoms with Crippen LogP contribution in [-0.4, -0.2) is 12.1 Å². The molecule has 1 saturated carbocycles. The van der Waals surface area contributed by atoms with Crippen LogP contribution in [0.25, 0.3) is 0 Å². The number of hydrogen-bond donors (Lipinski definition) is 1. The van der Waals surface area contributed by atoms with Crippen molar-refractivity contribution in [2.75, 3.05) is 0 Å². The first-order valence-electron chi connectivity index (χ1n) is 4.96. The summed E-state index contributed by atoms with van der Waals surface area (Å²) in [5, 5.41) is 3.53. The molecule has 0 aromatic rings. The van der Waals surface area contributed by atoms with E-state index in [1.807, 2.05) is 0 Å². The van der Waals surface area contributed by atoms with Gasteiger partial charge in [0.05, 0.1) is 6.04 Å². The van der Waals surface area contributed by atoms with E-state index in [1.54, 1.807) is 0 Å². The Kier molecular flexibility index (Phi) is 3.62. The number of nitrogens with one attached hydrogen (secondary N) is 1. The van der Waals surface area contributed by atoms with Gasteiger partial charge in [0.25, 0.3) is 0 Å². The third-order valence-electron chi connectivity index (χ3n) is 2.62. The van der Waals surface area contributed by atoms with Crippen molar-refractivity contribution in [1.29, 1.82) is 0 Å². The van der Waals surface area contributed by atoms with Crippen LogP contribution in [0, 0.1) is 18.3 Å². The van der Waals surface area contributed by atoms with Crippen molar-refractivity contribution < 1.29 is 0 Å². The second kappa shape index (κ2) is 4.52. The van der Waals surface area contributed by atoms with Crippen molar-refractivity contribution in [3.8, 4) is 12.3 Å². The number of terminal acetylenes is 1. The molecule has 0 aromatic carbocycles. The van der Waals surface area contributed by atoms with Crippen LogP contribution < -0.4 is 5.32 Å². The summed E-state index contributed by atoms with van der Waals surface area (Å²) in [5.74, 6) is 3.37. The van der Waals surface area contributed by atoms with Gasteiger partial charge in [0.1, 0.15) is 0 Å². The summed E-state index contributed by atoms with van der Waals surface area (Å²) >= 11 is 0. The van der Waals surface area contributed by atoms with Crippen molar-refractivity contribution >= 4 is 0 Å². The van der Waals surface area contributed by atoms with Gasteiger partial charge in [-0.15, -0.1) is 6.42 Å². The highest BCUT2D eigenvalue weighted by Crippen LogP contribution is 2.19. The molecule has 0 saturated heterocycles. The largest absolute Gasteiger partial charge is 0.301 e. The van der Waals surface area contributed by atoms with Gasteiger partial charge in [-0.3, -0.25) is 0 Å². The third kappa shape index (κ3) is 2.53. The topological polar surface area (TPSA) is 12.0 Å². The summed E-state index contributed by atoms with van der Waals surface area (Å²) in [6.07, 6.45) is 10.8. The summed E-state index contributed by atoms with van der Waals surface area (Å²) in [5.41, 5.74) is 0. The van der Waals surface area contributed by atoms with Gasteiger partial charge in [-0.05, 0) is 18.8 Å². The second-order valence-corrected chi connectivity index (χ2v) is 4.04. The number of hydrogen-bond acceptors (Lipinski definition) is 1. The van der Waals surface area contributed by atoms with Gasteiger partial charge in [0.15, 0.2) is 0 Å². The molecule has 12 heavy (non-hydrogen) atoms. The van der Waals surface area contributed by atoms with E-state index >= 15 is 0 Å². The van der Waals surface area contributed by atoms with Crippen molar-refractivity contribution in [2.45, 2.75) is 51.6 Å². The summed E-state index contributed by atoms with van der Waals surface area (Å²) in [4.78, 5) is 0. The molecule has 1 nitrogen and oxygen atoms in total. The first-order chi connectivity index (χ1) is 5.74. The Balaban J connectivity index is 2.32. The van der Waals surface area contributed by atoms with Crippen molar-refractivity contribution in [3.63, 3.8) is 0 Å². The molecule has 0 amide bonds. The molecule has 68 valence electrons. The molecule has 1 atom stereocenters. The SMILES string of the molecule is C#CC(NC1CCCC1)C(C)C. The summed E-state index contributed by atoms with van der Waals surface area (Å²) in [6, 6.07) is 0.960. The molecular weight excluding hydrogens is 146 g/mol. The van der Waals surface area contributed by atoms with Crippen LogP contribution in [0.4, 0.5) is 0 Å². The summed E-state index contributed by atoms with van der Waals surface area (Å²) < 4.78 is 0. The highest BCUT2D eigenvalue weighted by Gasteiger charge is 2.19. The molecule has 1 heteroatoms. The average Bonchev–Trinajstić information content (AvgIpc) is 2.51. The molecule has 1 fully saturated rings. The second-order valence-electron chi connectivity index (χ2n) is 4.04. The third-order valence-corrected chi connectivity index (χ3v) is 2.62. The van der Waals surface area contributed by atoms with Gasteiger partial charge in [-0.25, -0.2) is 0 Å². The van der Waals surface area contributed by atoms with Gasteiger partial charge in [-0.2, -0.15) is 0 Å². The van der Waals surface area contributed by atoms with Crippen LogP contribution >= 0.6 is 0 Å². The van der Waals surface area contributed by atoms with Crippen LogP contribution in [-0.2, 0) is 0 Å². The monoisotopic (exact) mass is 165 g/mol. The fourth-order valence-corrected chi connectivity index (χ4v) is 1.78. The minimum atomic E-state index is 0.271. The molecule has 0 heterocycles. The Morgan fingerprint density at radius 1 is 1.33 bits per heavy atom. The molecule has 1 aliphatic rings. The Labute approximate surface area is 75.9 Å². The van der Waals surface area contributed by atoms with E-state index < -0.39 is 0 Å². The van der Waals surface area contributed by atoms with Crippen molar-refractivity contribution in [2.24, 2.45) is 5.92 Å². The molecule has 1 N–H and O–H groups in total. The zero-order chi connectivity index (χ0) is 8.97. The molecule has 0 aromatic heterocycles. The Bertz CT molecular complexity index is 160. The van der Waals surface area contributed by atoms with Crippen LogP contribution in [0.15, 0.2) is 0 Å². The summed E-state index contributed by atoms with van der Waals surface area (Å²) in [7, 11) is 0. The molecule has 0 radical (unpaired) electrons. The lowest BCUT2D eigenvalue weighted by Gasteiger charge is -2.21. The van der Waals surface area contributed by atoms with Crippen molar-refractivity contribution in [1.82, 2.24) is 5.32 Å². The Morgan fingerprint density at radius 2 is 1.92 bits per heavy atom. The van der Waals surface area contributed by atoms with E-state index in [0.717, 1.165) is 0 Å². The normalized spacial score (nSPS) is 21.2.